The van der Waals surface area contributed by atoms with Crippen molar-refractivity contribution in [3.63, 3.8) is 0 Å². The molecule has 1 aromatic heterocycles. The predicted molar refractivity (Wildman–Crippen MR) is 72.1 cm³/mol. The van der Waals surface area contributed by atoms with Gasteiger partial charge in [0.05, 0.1) is 0 Å². The van der Waals surface area contributed by atoms with Crippen LogP contribution >= 0.6 is 12.2 Å². The second-order valence-corrected chi connectivity index (χ2v) is 4.73. The number of carboxylic acids is 1. The summed E-state index contributed by atoms with van der Waals surface area (Å²) < 4.78 is 1.53. The third kappa shape index (κ3) is 8.26. The molecule has 2 N–H and O–H groups in total. The molecule has 0 aliphatic heterocycles. The number of rotatable bonds is 9. The molecule has 6 nitrogen and oxygen atoms in total. The van der Waals surface area contributed by atoms with E-state index >= 15 is 0 Å². The van der Waals surface area contributed by atoms with Crippen LogP contribution in [0.5, 0.6) is 0 Å². The van der Waals surface area contributed by atoms with Gasteiger partial charge in [0, 0.05) is 0 Å². The zero-order valence-electron chi connectivity index (χ0n) is 14.6. The summed E-state index contributed by atoms with van der Waals surface area (Å²) in [6.07, 6.45) is 7.33. The minimum absolute atomic E-state index is 0. The van der Waals surface area contributed by atoms with Gasteiger partial charge in [-0.2, -0.15) is 5.21 Å². The van der Waals surface area contributed by atoms with Crippen LogP contribution in [-0.4, -0.2) is 31.3 Å². The standard InChI is InChI=1S/C11H20N4O2S.2Na.2H/c1-2-3-4-5-6-7-8-9(10(16)17)15-11(18)12-13-14-15;;;;/h9H,2-8H2,1H3,(H,16,17)(H,12,14,18);;;;/q;2*+1;2*-1. The quantitative estimate of drug-likeness (QED) is 0.287. The fraction of sp³-hybridized carbons (Fsp3) is 0.818. The Morgan fingerprint density at radius 3 is 2.45 bits per heavy atom. The number of carbonyl (C=O) groups is 1. The van der Waals surface area contributed by atoms with Crippen LogP contribution in [0.15, 0.2) is 0 Å². The smallest absolute Gasteiger partial charge is 1.00 e. The molecule has 0 fully saturated rings. The van der Waals surface area contributed by atoms with Gasteiger partial charge in [0.25, 0.3) is 0 Å². The topological polar surface area (TPSA) is 83.8 Å². The first-order valence-corrected chi connectivity index (χ1v) is 6.80. The minimum atomic E-state index is -0.897. The number of unbranched alkanes of at least 4 members (excludes halogenated alkanes) is 5. The number of nitrogens with one attached hydrogen (secondary N) is 1. The molecule has 106 valence electrons. The van der Waals surface area contributed by atoms with Crippen LogP contribution < -0.4 is 59.1 Å². The Morgan fingerprint density at radius 2 is 1.95 bits per heavy atom. The zero-order valence-corrected chi connectivity index (χ0v) is 17.4. The van der Waals surface area contributed by atoms with Crippen molar-refractivity contribution in [3.05, 3.63) is 4.77 Å². The number of aliphatic carboxylic acids is 1. The van der Waals surface area contributed by atoms with Gasteiger partial charge in [0.2, 0.25) is 4.77 Å². The van der Waals surface area contributed by atoms with Gasteiger partial charge in [-0.05, 0) is 18.6 Å². The van der Waals surface area contributed by atoms with E-state index in [-0.39, 0.29) is 66.7 Å². The summed E-state index contributed by atoms with van der Waals surface area (Å²) in [5, 5.41) is 18.8. The maximum absolute atomic E-state index is 11.2. The number of hydrogen-bond donors (Lipinski definition) is 2. The summed E-state index contributed by atoms with van der Waals surface area (Å²) in [5.74, 6) is -0.897. The summed E-state index contributed by atoms with van der Waals surface area (Å²) >= 11 is 4.91. The Balaban J connectivity index is -0.000000405. The molecule has 0 spiro atoms. The van der Waals surface area contributed by atoms with Crippen molar-refractivity contribution in [2.24, 2.45) is 0 Å². The third-order valence-electron chi connectivity index (χ3n) is 2.92. The van der Waals surface area contributed by atoms with Crippen molar-refractivity contribution in [3.8, 4) is 0 Å². The average Bonchev–Trinajstić information content (AvgIpc) is 2.74. The Morgan fingerprint density at radius 1 is 1.35 bits per heavy atom. The number of H-pyrrole nitrogens is 1. The number of aromatic amines is 1. The van der Waals surface area contributed by atoms with Crippen LogP contribution in [-0.2, 0) is 4.79 Å². The van der Waals surface area contributed by atoms with Crippen LogP contribution in [0.4, 0.5) is 0 Å². The monoisotopic (exact) mass is 320 g/mol. The molecule has 0 saturated heterocycles. The van der Waals surface area contributed by atoms with Gasteiger partial charge in [-0.25, -0.2) is 9.48 Å². The Labute approximate surface area is 171 Å². The number of nitrogens with zero attached hydrogens (tertiary/aromatic N) is 3. The molecular formula is C11H22N4Na2O2S. The fourth-order valence-electron chi connectivity index (χ4n) is 1.89. The first-order chi connectivity index (χ1) is 8.66. The van der Waals surface area contributed by atoms with Gasteiger partial charge in [0.15, 0.2) is 6.04 Å². The molecule has 0 aliphatic rings. The number of carboxylic acid groups (broad SMARTS) is 1. The summed E-state index contributed by atoms with van der Waals surface area (Å²) in [6.45, 7) is 2.17. The fourth-order valence-corrected chi connectivity index (χ4v) is 2.10. The molecule has 0 aromatic carbocycles. The molecule has 1 aromatic rings. The molecule has 0 bridgehead atoms. The molecule has 1 unspecified atom stereocenters. The summed E-state index contributed by atoms with van der Waals surface area (Å²) in [5.41, 5.74) is 0. The van der Waals surface area contributed by atoms with Gasteiger partial charge in [0.1, 0.15) is 0 Å². The van der Waals surface area contributed by atoms with E-state index in [1.807, 2.05) is 0 Å². The largest absolute Gasteiger partial charge is 1.00 e. The first kappa shape index (κ1) is 23.0. The van der Waals surface area contributed by atoms with Crippen LogP contribution in [0.25, 0.3) is 0 Å². The maximum Gasteiger partial charge on any atom is 1.00 e. The molecule has 9 heteroatoms. The molecule has 0 aliphatic carbocycles. The van der Waals surface area contributed by atoms with Crippen molar-refractivity contribution in [2.75, 3.05) is 0 Å². The second kappa shape index (κ2) is 13.4. The SMILES string of the molecule is CCCCCCCCC(C(=O)O)n1[nH]nnc1=S.[H-].[H-].[Na+].[Na+]. The Kier molecular flexibility index (Phi) is 15.5. The zero-order chi connectivity index (χ0) is 13.4. The van der Waals surface area contributed by atoms with Gasteiger partial charge < -0.3 is 7.96 Å². The first-order valence-electron chi connectivity index (χ1n) is 6.39. The van der Waals surface area contributed by atoms with Crippen LogP contribution in [0.3, 0.4) is 0 Å². The predicted octanol–water partition coefficient (Wildman–Crippen LogP) is -3.06. The summed E-state index contributed by atoms with van der Waals surface area (Å²) in [6, 6.07) is -0.682. The van der Waals surface area contributed by atoms with Crippen LogP contribution in [0, 0.1) is 4.77 Å². The second-order valence-electron chi connectivity index (χ2n) is 4.36. The molecule has 1 heterocycles. The summed E-state index contributed by atoms with van der Waals surface area (Å²) in [4.78, 5) is 11.2. The van der Waals surface area contributed by atoms with E-state index in [1.54, 1.807) is 0 Å². The van der Waals surface area contributed by atoms with Crippen molar-refractivity contribution < 1.29 is 71.9 Å². The van der Waals surface area contributed by atoms with E-state index in [2.05, 4.69) is 22.4 Å². The molecule has 20 heavy (non-hydrogen) atoms. The van der Waals surface area contributed by atoms with E-state index in [0.717, 1.165) is 19.3 Å². The molecule has 0 radical (unpaired) electrons. The van der Waals surface area contributed by atoms with Gasteiger partial charge in [-0.3, -0.25) is 0 Å². The average molecular weight is 320 g/mol. The van der Waals surface area contributed by atoms with Crippen molar-refractivity contribution in [1.29, 1.82) is 0 Å². The molecule has 1 rings (SSSR count). The number of aromatic nitrogens is 4. The van der Waals surface area contributed by atoms with Crippen LogP contribution in [0.2, 0.25) is 0 Å². The van der Waals surface area contributed by atoms with E-state index in [1.165, 1.54) is 23.9 Å². The minimum Gasteiger partial charge on any atom is -1.00 e. The van der Waals surface area contributed by atoms with Crippen LogP contribution in [0.1, 0.15) is 60.8 Å². The Hall–Kier alpha value is 0.760. The number of hydrogen-bond acceptors (Lipinski definition) is 4. The van der Waals surface area contributed by atoms with Crippen molar-refractivity contribution in [1.82, 2.24) is 20.2 Å². The normalized spacial score (nSPS) is 11.2. The van der Waals surface area contributed by atoms with Crippen molar-refractivity contribution >= 4 is 18.2 Å². The van der Waals surface area contributed by atoms with E-state index in [0.29, 0.717) is 6.42 Å². The summed E-state index contributed by atoms with van der Waals surface area (Å²) in [7, 11) is 0. The molecule has 1 atom stereocenters. The van der Waals surface area contributed by atoms with E-state index in [4.69, 9.17) is 17.3 Å². The number of tetrazole rings is 1. The van der Waals surface area contributed by atoms with Crippen molar-refractivity contribution in [2.45, 2.75) is 57.9 Å². The van der Waals surface area contributed by atoms with E-state index in [9.17, 15) is 4.79 Å². The van der Waals surface area contributed by atoms with Gasteiger partial charge in [-0.15, -0.1) is 0 Å². The molecule has 0 amide bonds. The van der Waals surface area contributed by atoms with E-state index < -0.39 is 12.0 Å². The Bertz CT molecular complexity index is 434. The molecule has 0 saturated carbocycles. The third-order valence-corrected chi connectivity index (χ3v) is 3.20. The molecular weight excluding hydrogens is 298 g/mol. The van der Waals surface area contributed by atoms with Gasteiger partial charge >= 0.3 is 65.1 Å². The maximum atomic E-state index is 11.2. The van der Waals surface area contributed by atoms with Gasteiger partial charge in [-0.1, -0.05) is 55.8 Å².